The van der Waals surface area contributed by atoms with E-state index in [-0.39, 0.29) is 11.9 Å². The zero-order chi connectivity index (χ0) is 14.8. The van der Waals surface area contributed by atoms with Gasteiger partial charge in [-0.05, 0) is 31.9 Å². The fourth-order valence-electron chi connectivity index (χ4n) is 2.74. The molecule has 0 saturated carbocycles. The molecule has 5 heteroatoms. The van der Waals surface area contributed by atoms with Gasteiger partial charge in [0.25, 0.3) is 5.91 Å². The van der Waals surface area contributed by atoms with Crippen LogP contribution in [0.2, 0.25) is 0 Å². The van der Waals surface area contributed by atoms with E-state index in [1.165, 1.54) is 11.3 Å². The molecule has 3 rings (SSSR count). The van der Waals surface area contributed by atoms with Gasteiger partial charge in [-0.1, -0.05) is 23.4 Å². The van der Waals surface area contributed by atoms with Crippen molar-refractivity contribution in [1.82, 2.24) is 10.5 Å². The molecule has 2 aromatic rings. The number of carbonyl (C=O) groups is 1. The lowest BCUT2D eigenvalue weighted by molar-refractivity contribution is 0.0942. The van der Waals surface area contributed by atoms with Crippen LogP contribution in [0.15, 0.2) is 34.9 Å². The van der Waals surface area contributed by atoms with Crippen molar-refractivity contribution >= 4 is 11.6 Å². The number of benzene rings is 1. The predicted molar refractivity (Wildman–Crippen MR) is 80.5 cm³/mol. The summed E-state index contributed by atoms with van der Waals surface area (Å²) in [5.41, 5.74) is 2.99. The summed E-state index contributed by atoms with van der Waals surface area (Å²) in [6, 6.07) is 10.3. The van der Waals surface area contributed by atoms with E-state index in [0.29, 0.717) is 18.0 Å². The number of rotatable bonds is 4. The molecule has 0 unspecified atom stereocenters. The molecule has 2 heterocycles. The van der Waals surface area contributed by atoms with Crippen molar-refractivity contribution in [2.45, 2.75) is 26.3 Å². The Morgan fingerprint density at radius 2 is 2.29 bits per heavy atom. The number of para-hydroxylation sites is 1. The van der Waals surface area contributed by atoms with Crippen LogP contribution in [0.3, 0.4) is 0 Å². The third-order valence-corrected chi connectivity index (χ3v) is 3.87. The number of nitrogens with one attached hydrogen (secondary N) is 1. The molecule has 0 saturated heterocycles. The summed E-state index contributed by atoms with van der Waals surface area (Å²) in [5.74, 6) is 0.452. The van der Waals surface area contributed by atoms with Gasteiger partial charge in [0, 0.05) is 30.9 Å². The highest BCUT2D eigenvalue weighted by molar-refractivity contribution is 5.92. The first-order chi connectivity index (χ1) is 10.1. The molecule has 1 aromatic carbocycles. The van der Waals surface area contributed by atoms with Crippen molar-refractivity contribution in [2.75, 3.05) is 18.0 Å². The summed E-state index contributed by atoms with van der Waals surface area (Å²) >= 11 is 0. The average molecular weight is 285 g/mol. The van der Waals surface area contributed by atoms with Crippen LogP contribution in [0.25, 0.3) is 0 Å². The first-order valence-corrected chi connectivity index (χ1v) is 7.21. The zero-order valence-corrected chi connectivity index (χ0v) is 12.3. The summed E-state index contributed by atoms with van der Waals surface area (Å²) in [6.45, 7) is 5.47. The normalized spacial score (nSPS) is 14.9. The van der Waals surface area contributed by atoms with Gasteiger partial charge in [-0.15, -0.1) is 0 Å². The summed E-state index contributed by atoms with van der Waals surface area (Å²) in [4.78, 5) is 14.3. The summed E-state index contributed by atoms with van der Waals surface area (Å²) in [7, 11) is 0. The molecule has 1 atom stereocenters. The van der Waals surface area contributed by atoms with Crippen molar-refractivity contribution < 1.29 is 9.32 Å². The molecule has 0 radical (unpaired) electrons. The monoisotopic (exact) mass is 285 g/mol. The third-order valence-electron chi connectivity index (χ3n) is 3.87. The number of amides is 1. The van der Waals surface area contributed by atoms with Gasteiger partial charge >= 0.3 is 0 Å². The lowest BCUT2D eigenvalue weighted by Gasteiger charge is -2.27. The maximum absolute atomic E-state index is 12.0. The number of fused-ring (bicyclic) bond motifs is 1. The molecule has 5 nitrogen and oxygen atoms in total. The van der Waals surface area contributed by atoms with Crippen LogP contribution in [-0.2, 0) is 6.42 Å². The van der Waals surface area contributed by atoms with Gasteiger partial charge in [-0.3, -0.25) is 4.79 Å². The smallest absolute Gasteiger partial charge is 0.273 e. The zero-order valence-electron chi connectivity index (χ0n) is 12.3. The van der Waals surface area contributed by atoms with Gasteiger partial charge in [-0.25, -0.2) is 0 Å². The quantitative estimate of drug-likeness (QED) is 0.935. The molecule has 0 fully saturated rings. The minimum absolute atomic E-state index is 0.189. The van der Waals surface area contributed by atoms with Crippen LogP contribution in [0.4, 0.5) is 5.69 Å². The second-order valence-electron chi connectivity index (χ2n) is 5.45. The highest BCUT2D eigenvalue weighted by Crippen LogP contribution is 2.28. The van der Waals surface area contributed by atoms with Gasteiger partial charge in [0.2, 0.25) is 0 Å². The second-order valence-corrected chi connectivity index (χ2v) is 5.45. The highest BCUT2D eigenvalue weighted by Gasteiger charge is 2.23. The van der Waals surface area contributed by atoms with Gasteiger partial charge in [-0.2, -0.15) is 0 Å². The molecule has 0 spiro atoms. The van der Waals surface area contributed by atoms with E-state index in [4.69, 9.17) is 4.52 Å². The maximum atomic E-state index is 12.0. The van der Waals surface area contributed by atoms with E-state index >= 15 is 0 Å². The molecule has 1 aromatic heterocycles. The molecular formula is C16H19N3O2. The van der Waals surface area contributed by atoms with Crippen molar-refractivity contribution in [2.24, 2.45) is 0 Å². The van der Waals surface area contributed by atoms with Gasteiger partial charge in [0.1, 0.15) is 5.76 Å². The van der Waals surface area contributed by atoms with Crippen molar-refractivity contribution in [3.05, 3.63) is 47.3 Å². The Morgan fingerprint density at radius 3 is 3.05 bits per heavy atom. The minimum atomic E-state index is -0.189. The van der Waals surface area contributed by atoms with E-state index in [9.17, 15) is 4.79 Å². The van der Waals surface area contributed by atoms with E-state index in [1.54, 1.807) is 13.0 Å². The minimum Gasteiger partial charge on any atom is -0.366 e. The third kappa shape index (κ3) is 2.77. The number of anilines is 1. The molecule has 110 valence electrons. The number of hydrogen-bond donors (Lipinski definition) is 1. The number of aryl methyl sites for hydroxylation is 1. The van der Waals surface area contributed by atoms with E-state index in [2.05, 4.69) is 46.6 Å². The summed E-state index contributed by atoms with van der Waals surface area (Å²) in [6.07, 6.45) is 1.07. The number of hydrogen-bond acceptors (Lipinski definition) is 4. The molecule has 21 heavy (non-hydrogen) atoms. The van der Waals surface area contributed by atoms with Crippen LogP contribution in [0, 0.1) is 6.92 Å². The topological polar surface area (TPSA) is 58.4 Å². The Labute approximate surface area is 123 Å². The fourth-order valence-corrected chi connectivity index (χ4v) is 2.74. The molecule has 1 aliphatic rings. The second kappa shape index (κ2) is 5.60. The lowest BCUT2D eigenvalue weighted by atomic mass is 10.2. The van der Waals surface area contributed by atoms with Crippen molar-refractivity contribution in [3.8, 4) is 0 Å². The Kier molecular flexibility index (Phi) is 3.64. The molecule has 0 aliphatic carbocycles. The first-order valence-electron chi connectivity index (χ1n) is 7.21. The summed E-state index contributed by atoms with van der Waals surface area (Å²) in [5, 5.41) is 6.64. The van der Waals surface area contributed by atoms with Gasteiger partial charge in [0.15, 0.2) is 5.69 Å². The van der Waals surface area contributed by atoms with Gasteiger partial charge in [0.05, 0.1) is 0 Å². The van der Waals surface area contributed by atoms with E-state index in [0.717, 1.165) is 13.0 Å². The molecular weight excluding hydrogens is 266 g/mol. The van der Waals surface area contributed by atoms with Crippen LogP contribution in [0.5, 0.6) is 0 Å². The lowest BCUT2D eigenvalue weighted by Crippen LogP contribution is -2.41. The predicted octanol–water partition coefficient (Wildman–Crippen LogP) is 2.16. The standard InChI is InChI=1S/C16H19N3O2/c1-11(10-17-16(20)14-9-12(2)21-18-14)19-8-7-13-5-3-4-6-15(13)19/h3-6,9,11H,7-8,10H2,1-2H3,(H,17,20)/t11-/m1/s1. The van der Waals surface area contributed by atoms with Crippen LogP contribution in [-0.4, -0.2) is 30.2 Å². The Bertz CT molecular complexity index is 650. The number of nitrogens with zero attached hydrogens (tertiary/aromatic N) is 2. The maximum Gasteiger partial charge on any atom is 0.273 e. The van der Waals surface area contributed by atoms with Gasteiger partial charge < -0.3 is 14.7 Å². The Morgan fingerprint density at radius 1 is 1.48 bits per heavy atom. The number of aromatic nitrogens is 1. The van der Waals surface area contributed by atoms with Crippen LogP contribution in [0.1, 0.15) is 28.7 Å². The van der Waals surface area contributed by atoms with Crippen molar-refractivity contribution in [3.63, 3.8) is 0 Å². The summed E-state index contributed by atoms with van der Waals surface area (Å²) < 4.78 is 4.92. The van der Waals surface area contributed by atoms with Crippen LogP contribution >= 0.6 is 0 Å². The fraction of sp³-hybridized carbons (Fsp3) is 0.375. The van der Waals surface area contributed by atoms with E-state index in [1.807, 2.05) is 0 Å². The van der Waals surface area contributed by atoms with Crippen molar-refractivity contribution in [1.29, 1.82) is 0 Å². The Balaban J connectivity index is 1.60. The first kappa shape index (κ1) is 13.7. The molecule has 1 N–H and O–H groups in total. The number of carbonyl (C=O) groups excluding carboxylic acids is 1. The average Bonchev–Trinajstić information content (AvgIpc) is 3.10. The molecule has 0 bridgehead atoms. The highest BCUT2D eigenvalue weighted by atomic mass is 16.5. The largest absolute Gasteiger partial charge is 0.366 e. The SMILES string of the molecule is Cc1cc(C(=O)NC[C@@H](C)N2CCc3ccccc32)no1. The van der Waals surface area contributed by atoms with Crippen LogP contribution < -0.4 is 10.2 Å². The van der Waals surface area contributed by atoms with E-state index < -0.39 is 0 Å². The Hall–Kier alpha value is -2.30. The molecule has 1 amide bonds. The molecule has 1 aliphatic heterocycles.